The molecule has 2 heterocycles. The van der Waals surface area contributed by atoms with E-state index in [0.29, 0.717) is 17.6 Å². The van der Waals surface area contributed by atoms with E-state index in [1.807, 2.05) is 35.7 Å². The minimum absolute atomic E-state index is 0.238. The smallest absolute Gasteiger partial charge is 0.339 e. The Balaban J connectivity index is 2.00. The first-order valence-corrected chi connectivity index (χ1v) is 8.43. The fraction of sp³-hybridized carbons (Fsp3) is 0.278. The second-order valence-corrected chi connectivity index (χ2v) is 6.24. The lowest BCUT2D eigenvalue weighted by molar-refractivity contribution is 0.552. The van der Waals surface area contributed by atoms with Gasteiger partial charge in [-0.1, -0.05) is 6.07 Å². The van der Waals surface area contributed by atoms with Crippen LogP contribution >= 0.6 is 11.3 Å². The summed E-state index contributed by atoms with van der Waals surface area (Å²) < 4.78 is 5.54. The van der Waals surface area contributed by atoms with Gasteiger partial charge in [-0.2, -0.15) is 0 Å². The van der Waals surface area contributed by atoms with Crippen molar-refractivity contribution < 1.29 is 4.42 Å². The average Bonchev–Trinajstić information content (AvgIpc) is 3.02. The first-order chi connectivity index (χ1) is 10.7. The summed E-state index contributed by atoms with van der Waals surface area (Å²) in [5.74, 6) is 0. The van der Waals surface area contributed by atoms with Crippen LogP contribution in [0.3, 0.4) is 0 Å². The van der Waals surface area contributed by atoms with E-state index in [2.05, 4.69) is 24.8 Å². The highest BCUT2D eigenvalue weighted by molar-refractivity contribution is 7.09. The molecule has 114 valence electrons. The van der Waals surface area contributed by atoms with Crippen molar-refractivity contribution in [1.82, 2.24) is 0 Å². The Bertz CT molecular complexity index is 817. The van der Waals surface area contributed by atoms with E-state index < -0.39 is 0 Å². The second kappa shape index (κ2) is 6.36. The van der Waals surface area contributed by atoms with Crippen molar-refractivity contribution >= 4 is 28.0 Å². The molecule has 3 nitrogen and oxygen atoms in total. The normalized spacial score (nSPS) is 11.0. The Labute approximate surface area is 133 Å². The van der Waals surface area contributed by atoms with E-state index >= 15 is 0 Å². The Kier molecular flexibility index (Phi) is 4.29. The minimum Gasteiger partial charge on any atom is -0.422 e. The SMILES string of the molecule is CCN(CC)c1ccc2cc(Cc3cccs3)c(=O)oc2c1. The Morgan fingerprint density at radius 3 is 2.64 bits per heavy atom. The van der Waals surface area contributed by atoms with Crippen LogP contribution in [-0.2, 0) is 6.42 Å². The molecule has 0 unspecified atom stereocenters. The molecule has 3 aromatic rings. The topological polar surface area (TPSA) is 33.5 Å². The standard InChI is InChI=1S/C18H19NO2S/c1-3-19(4-2)15-8-7-13-10-14(11-16-6-5-9-22-16)18(20)21-17(13)12-15/h5-10,12H,3-4,11H2,1-2H3. The highest BCUT2D eigenvalue weighted by Crippen LogP contribution is 2.23. The van der Waals surface area contributed by atoms with Gasteiger partial charge in [0.1, 0.15) is 5.58 Å². The molecule has 2 aromatic heterocycles. The van der Waals surface area contributed by atoms with Crippen LogP contribution in [0, 0.1) is 0 Å². The monoisotopic (exact) mass is 313 g/mol. The third-order valence-electron chi connectivity index (χ3n) is 3.87. The Morgan fingerprint density at radius 1 is 1.14 bits per heavy atom. The van der Waals surface area contributed by atoms with Crippen molar-refractivity contribution in [3.05, 3.63) is 62.6 Å². The van der Waals surface area contributed by atoms with Gasteiger partial charge in [0, 0.05) is 47.1 Å². The fourth-order valence-corrected chi connectivity index (χ4v) is 3.38. The Hall–Kier alpha value is -2.07. The molecule has 1 aromatic carbocycles. The summed E-state index contributed by atoms with van der Waals surface area (Å²) in [5.41, 5.74) is 2.22. The van der Waals surface area contributed by atoms with E-state index in [4.69, 9.17) is 4.42 Å². The summed E-state index contributed by atoms with van der Waals surface area (Å²) in [6.07, 6.45) is 0.633. The molecule has 22 heavy (non-hydrogen) atoms. The van der Waals surface area contributed by atoms with Gasteiger partial charge in [0.15, 0.2) is 0 Å². The highest BCUT2D eigenvalue weighted by atomic mass is 32.1. The Morgan fingerprint density at radius 2 is 1.95 bits per heavy atom. The van der Waals surface area contributed by atoms with Gasteiger partial charge in [-0.3, -0.25) is 0 Å². The lowest BCUT2D eigenvalue weighted by Crippen LogP contribution is -2.21. The third kappa shape index (κ3) is 2.92. The van der Waals surface area contributed by atoms with Gasteiger partial charge in [0.2, 0.25) is 0 Å². The number of anilines is 1. The number of hydrogen-bond acceptors (Lipinski definition) is 4. The third-order valence-corrected chi connectivity index (χ3v) is 4.74. The molecule has 0 N–H and O–H groups in total. The lowest BCUT2D eigenvalue weighted by atomic mass is 10.1. The zero-order chi connectivity index (χ0) is 15.5. The largest absolute Gasteiger partial charge is 0.422 e. The molecule has 0 aliphatic heterocycles. The number of fused-ring (bicyclic) bond motifs is 1. The van der Waals surface area contributed by atoms with Crippen LogP contribution in [0.1, 0.15) is 24.3 Å². The predicted octanol–water partition coefficient (Wildman–Crippen LogP) is 4.29. The number of thiophene rings is 1. The van der Waals surface area contributed by atoms with Gasteiger partial charge < -0.3 is 9.32 Å². The molecule has 0 saturated carbocycles. The molecule has 3 rings (SSSR count). The van der Waals surface area contributed by atoms with Crippen LogP contribution in [-0.4, -0.2) is 13.1 Å². The number of benzene rings is 1. The zero-order valence-electron chi connectivity index (χ0n) is 12.8. The summed E-state index contributed by atoms with van der Waals surface area (Å²) in [7, 11) is 0. The van der Waals surface area contributed by atoms with E-state index in [9.17, 15) is 4.79 Å². The first kappa shape index (κ1) is 14.9. The summed E-state index contributed by atoms with van der Waals surface area (Å²) in [6.45, 7) is 6.10. The fourth-order valence-electron chi connectivity index (χ4n) is 2.65. The van der Waals surface area contributed by atoms with Crippen LogP contribution < -0.4 is 10.5 Å². The quantitative estimate of drug-likeness (QED) is 0.659. The molecule has 0 aliphatic carbocycles. The first-order valence-electron chi connectivity index (χ1n) is 7.55. The maximum atomic E-state index is 12.2. The van der Waals surface area contributed by atoms with Crippen molar-refractivity contribution in [2.45, 2.75) is 20.3 Å². The zero-order valence-corrected chi connectivity index (χ0v) is 13.7. The number of nitrogens with zero attached hydrogens (tertiary/aromatic N) is 1. The molecular weight excluding hydrogens is 294 g/mol. The van der Waals surface area contributed by atoms with Crippen molar-refractivity contribution in [2.75, 3.05) is 18.0 Å². The van der Waals surface area contributed by atoms with Crippen molar-refractivity contribution in [3.63, 3.8) is 0 Å². The average molecular weight is 313 g/mol. The lowest BCUT2D eigenvalue weighted by Gasteiger charge is -2.21. The number of rotatable bonds is 5. The van der Waals surface area contributed by atoms with Crippen LogP contribution in [0.25, 0.3) is 11.0 Å². The van der Waals surface area contributed by atoms with Crippen molar-refractivity contribution in [1.29, 1.82) is 0 Å². The van der Waals surface area contributed by atoms with Crippen LogP contribution in [0.15, 0.2) is 51.0 Å². The van der Waals surface area contributed by atoms with E-state index in [-0.39, 0.29) is 5.63 Å². The highest BCUT2D eigenvalue weighted by Gasteiger charge is 2.09. The molecule has 0 amide bonds. The van der Waals surface area contributed by atoms with Crippen LogP contribution in [0.5, 0.6) is 0 Å². The van der Waals surface area contributed by atoms with Gasteiger partial charge in [-0.15, -0.1) is 11.3 Å². The molecule has 0 aliphatic rings. The van der Waals surface area contributed by atoms with Gasteiger partial charge in [-0.05, 0) is 43.5 Å². The van der Waals surface area contributed by atoms with Crippen molar-refractivity contribution in [2.24, 2.45) is 0 Å². The predicted molar refractivity (Wildman–Crippen MR) is 93.2 cm³/mol. The van der Waals surface area contributed by atoms with E-state index in [1.54, 1.807) is 11.3 Å². The molecule has 4 heteroatoms. The van der Waals surface area contributed by atoms with Gasteiger partial charge in [0.05, 0.1) is 0 Å². The molecule has 0 bridgehead atoms. The summed E-state index contributed by atoms with van der Waals surface area (Å²) in [4.78, 5) is 15.6. The summed E-state index contributed by atoms with van der Waals surface area (Å²) >= 11 is 1.66. The van der Waals surface area contributed by atoms with E-state index in [1.165, 1.54) is 4.88 Å². The molecule has 0 spiro atoms. The second-order valence-electron chi connectivity index (χ2n) is 5.21. The van der Waals surface area contributed by atoms with Crippen LogP contribution in [0.4, 0.5) is 5.69 Å². The summed E-state index contributed by atoms with van der Waals surface area (Å²) in [5, 5.41) is 3.00. The van der Waals surface area contributed by atoms with Gasteiger partial charge in [0.25, 0.3) is 0 Å². The van der Waals surface area contributed by atoms with E-state index in [0.717, 1.165) is 24.2 Å². The summed E-state index contributed by atoms with van der Waals surface area (Å²) in [6, 6.07) is 12.1. The molecule has 0 atom stereocenters. The van der Waals surface area contributed by atoms with Gasteiger partial charge >= 0.3 is 5.63 Å². The van der Waals surface area contributed by atoms with Gasteiger partial charge in [-0.25, -0.2) is 4.79 Å². The molecular formula is C18H19NO2S. The molecule has 0 radical (unpaired) electrons. The maximum Gasteiger partial charge on any atom is 0.339 e. The molecule has 0 fully saturated rings. The molecule has 0 saturated heterocycles. The van der Waals surface area contributed by atoms with Crippen molar-refractivity contribution in [3.8, 4) is 0 Å². The van der Waals surface area contributed by atoms with Crippen LogP contribution in [0.2, 0.25) is 0 Å². The number of hydrogen-bond donors (Lipinski definition) is 0. The maximum absolute atomic E-state index is 12.2. The minimum atomic E-state index is -0.238.